The Labute approximate surface area is 150 Å². The minimum Gasteiger partial charge on any atom is -0.370 e. The van der Waals surface area contributed by atoms with Gasteiger partial charge in [-0.3, -0.25) is 9.79 Å². The predicted molar refractivity (Wildman–Crippen MR) is 104 cm³/mol. The van der Waals surface area contributed by atoms with Crippen LogP contribution in [0.1, 0.15) is 38.8 Å². The third-order valence-electron chi connectivity index (χ3n) is 3.56. The summed E-state index contributed by atoms with van der Waals surface area (Å²) >= 11 is 0. The number of aryl methyl sites for hydroxylation is 2. The van der Waals surface area contributed by atoms with E-state index in [0.29, 0.717) is 5.96 Å². The lowest BCUT2D eigenvalue weighted by atomic mass is 9.93. The number of guanidine groups is 1. The number of amides is 1. The highest BCUT2D eigenvalue weighted by Crippen LogP contribution is 2.22. The Bertz CT molecular complexity index is 519. The fraction of sp³-hybridized carbons (Fsp3) is 0.500. The molecule has 0 aliphatic heterocycles. The molecule has 0 aliphatic carbocycles. The highest BCUT2D eigenvalue weighted by Gasteiger charge is 2.24. The molecule has 1 aromatic carbocycles. The third kappa shape index (κ3) is 5.47. The topological polar surface area (TPSA) is 93.5 Å². The smallest absolute Gasteiger partial charge is 0.224 e. The van der Waals surface area contributed by atoms with E-state index in [1.165, 1.54) is 11.1 Å². The molecule has 1 amide bonds. The van der Waals surface area contributed by atoms with Crippen LogP contribution < -0.4 is 16.8 Å². The highest BCUT2D eigenvalue weighted by atomic mass is 127. The molecule has 0 aliphatic rings. The molecule has 1 aromatic rings. The van der Waals surface area contributed by atoms with Crippen LogP contribution in [0.2, 0.25) is 0 Å². The van der Waals surface area contributed by atoms with Gasteiger partial charge in [0.05, 0.1) is 12.0 Å². The Morgan fingerprint density at radius 2 is 1.68 bits per heavy atom. The van der Waals surface area contributed by atoms with Gasteiger partial charge in [-0.2, -0.15) is 0 Å². The first-order chi connectivity index (χ1) is 9.81. The fourth-order valence-corrected chi connectivity index (χ4v) is 1.93. The molecular formula is C16H27IN4O. The summed E-state index contributed by atoms with van der Waals surface area (Å²) in [6.45, 7) is 7.97. The number of nitrogens with two attached hydrogens (primary N) is 2. The number of anilines is 1. The van der Waals surface area contributed by atoms with Crippen molar-refractivity contribution in [3.63, 3.8) is 0 Å². The van der Waals surface area contributed by atoms with Crippen molar-refractivity contribution in [2.24, 2.45) is 21.9 Å². The minimum absolute atomic E-state index is 0. The Morgan fingerprint density at radius 3 is 2.09 bits per heavy atom. The number of halogens is 1. The molecule has 0 bridgehead atoms. The molecule has 124 valence electrons. The van der Waals surface area contributed by atoms with E-state index in [9.17, 15) is 4.79 Å². The number of benzene rings is 1. The number of nitrogens with zero attached hydrogens (tertiary/aromatic N) is 1. The summed E-state index contributed by atoms with van der Waals surface area (Å²) in [5.74, 6) is -0.0813. The molecular weight excluding hydrogens is 391 g/mol. The molecule has 5 N–H and O–H groups in total. The molecule has 0 heterocycles. The average molecular weight is 418 g/mol. The lowest BCUT2D eigenvalue weighted by Crippen LogP contribution is -2.35. The lowest BCUT2D eigenvalue weighted by molar-refractivity contribution is -0.125. The number of carbonyl (C=O) groups is 1. The predicted octanol–water partition coefficient (Wildman–Crippen LogP) is 2.67. The number of para-hydroxylation sites is 1. The van der Waals surface area contributed by atoms with Gasteiger partial charge in [-0.25, -0.2) is 0 Å². The van der Waals surface area contributed by atoms with Crippen LogP contribution in [0.25, 0.3) is 0 Å². The first-order valence-electron chi connectivity index (χ1n) is 7.29. The van der Waals surface area contributed by atoms with E-state index in [4.69, 9.17) is 11.5 Å². The maximum atomic E-state index is 11.3. The van der Waals surface area contributed by atoms with Crippen molar-refractivity contribution in [2.45, 2.75) is 40.5 Å². The van der Waals surface area contributed by atoms with Gasteiger partial charge in [0.15, 0.2) is 5.96 Å². The average Bonchev–Trinajstić information content (AvgIpc) is 2.45. The number of primary amides is 1. The van der Waals surface area contributed by atoms with Crippen molar-refractivity contribution in [2.75, 3.05) is 11.9 Å². The van der Waals surface area contributed by atoms with Crippen LogP contribution in [0, 0.1) is 5.41 Å². The van der Waals surface area contributed by atoms with E-state index < -0.39 is 5.41 Å². The maximum Gasteiger partial charge on any atom is 0.224 e. The van der Waals surface area contributed by atoms with E-state index in [1.54, 1.807) is 13.8 Å². The zero-order valence-corrected chi connectivity index (χ0v) is 16.1. The summed E-state index contributed by atoms with van der Waals surface area (Å²) in [5, 5.41) is 3.17. The summed E-state index contributed by atoms with van der Waals surface area (Å²) < 4.78 is 0. The summed E-state index contributed by atoms with van der Waals surface area (Å²) in [7, 11) is 0. The van der Waals surface area contributed by atoms with Gasteiger partial charge in [0.1, 0.15) is 0 Å². The number of nitrogens with one attached hydrogen (secondary N) is 1. The molecule has 0 unspecified atom stereocenters. The molecule has 0 saturated heterocycles. The summed E-state index contributed by atoms with van der Waals surface area (Å²) in [5.41, 5.74) is 14.0. The van der Waals surface area contributed by atoms with Crippen LogP contribution >= 0.6 is 24.0 Å². The van der Waals surface area contributed by atoms with Crippen molar-refractivity contribution in [3.8, 4) is 0 Å². The normalized spacial score (nSPS) is 11.7. The van der Waals surface area contributed by atoms with Gasteiger partial charge in [-0.05, 0) is 37.8 Å². The molecule has 0 fully saturated rings. The van der Waals surface area contributed by atoms with Gasteiger partial charge in [0, 0.05) is 5.69 Å². The van der Waals surface area contributed by atoms with Crippen molar-refractivity contribution in [1.82, 2.24) is 0 Å². The molecule has 0 radical (unpaired) electrons. The Balaban J connectivity index is 0.00000441. The fourth-order valence-electron chi connectivity index (χ4n) is 1.93. The van der Waals surface area contributed by atoms with Crippen molar-refractivity contribution in [3.05, 3.63) is 29.3 Å². The summed E-state index contributed by atoms with van der Waals surface area (Å²) in [6.07, 6.45) is 1.83. The first-order valence-corrected chi connectivity index (χ1v) is 7.29. The Hall–Kier alpha value is -1.31. The number of hydrogen-bond acceptors (Lipinski definition) is 2. The minimum atomic E-state index is -0.704. The SMILES string of the molecule is CCc1cccc(CC)c1NC(N)=NCC(C)(C)C(N)=O.I. The second-order valence-corrected chi connectivity index (χ2v) is 5.73. The van der Waals surface area contributed by atoms with Gasteiger partial charge >= 0.3 is 0 Å². The number of rotatable bonds is 6. The molecule has 0 aromatic heterocycles. The Kier molecular flexibility index (Phi) is 8.44. The quantitative estimate of drug-likeness (QED) is 0.377. The molecule has 0 saturated carbocycles. The van der Waals surface area contributed by atoms with Gasteiger partial charge in [-0.15, -0.1) is 24.0 Å². The van der Waals surface area contributed by atoms with E-state index in [2.05, 4.69) is 36.3 Å². The molecule has 1 rings (SSSR count). The van der Waals surface area contributed by atoms with E-state index >= 15 is 0 Å². The van der Waals surface area contributed by atoms with Crippen LogP contribution in [-0.4, -0.2) is 18.4 Å². The second-order valence-electron chi connectivity index (χ2n) is 5.73. The largest absolute Gasteiger partial charge is 0.370 e. The molecule has 5 nitrogen and oxygen atoms in total. The zero-order valence-electron chi connectivity index (χ0n) is 13.8. The maximum absolute atomic E-state index is 11.3. The van der Waals surface area contributed by atoms with Gasteiger partial charge in [0.2, 0.25) is 5.91 Å². The second kappa shape index (κ2) is 8.97. The highest BCUT2D eigenvalue weighted by molar-refractivity contribution is 14.0. The van der Waals surface area contributed by atoms with Crippen LogP contribution in [0.5, 0.6) is 0 Å². The summed E-state index contributed by atoms with van der Waals surface area (Å²) in [4.78, 5) is 15.5. The first kappa shape index (κ1) is 20.7. The van der Waals surface area contributed by atoms with Gasteiger partial charge in [-0.1, -0.05) is 32.0 Å². The van der Waals surface area contributed by atoms with Crippen molar-refractivity contribution in [1.29, 1.82) is 0 Å². The molecule has 0 atom stereocenters. The third-order valence-corrected chi connectivity index (χ3v) is 3.56. The monoisotopic (exact) mass is 418 g/mol. The number of hydrogen-bond donors (Lipinski definition) is 3. The van der Waals surface area contributed by atoms with E-state index in [-0.39, 0.29) is 36.4 Å². The molecule has 0 spiro atoms. The van der Waals surface area contributed by atoms with E-state index in [0.717, 1.165) is 18.5 Å². The number of aliphatic imine (C=N–C) groups is 1. The standard InChI is InChI=1S/C16H26N4O.HI/c1-5-11-8-7-9-12(6-2)13(11)20-15(18)19-10-16(3,4)14(17)21;/h7-9H,5-6,10H2,1-4H3,(H2,17,21)(H3,18,19,20);1H. The van der Waals surface area contributed by atoms with Gasteiger partial charge < -0.3 is 16.8 Å². The lowest BCUT2D eigenvalue weighted by Gasteiger charge is -2.19. The summed E-state index contributed by atoms with van der Waals surface area (Å²) in [6, 6.07) is 6.19. The number of carbonyl (C=O) groups excluding carboxylic acids is 1. The van der Waals surface area contributed by atoms with Crippen LogP contribution in [-0.2, 0) is 17.6 Å². The molecule has 6 heteroatoms. The zero-order chi connectivity index (χ0) is 16.0. The van der Waals surface area contributed by atoms with Crippen molar-refractivity contribution < 1.29 is 4.79 Å². The van der Waals surface area contributed by atoms with Crippen LogP contribution in [0.3, 0.4) is 0 Å². The van der Waals surface area contributed by atoms with Crippen LogP contribution in [0.4, 0.5) is 5.69 Å². The van der Waals surface area contributed by atoms with Gasteiger partial charge in [0.25, 0.3) is 0 Å². The Morgan fingerprint density at radius 1 is 1.18 bits per heavy atom. The molecule has 22 heavy (non-hydrogen) atoms. The van der Waals surface area contributed by atoms with Crippen molar-refractivity contribution >= 4 is 41.5 Å². The van der Waals surface area contributed by atoms with E-state index in [1.807, 2.05) is 6.07 Å². The van der Waals surface area contributed by atoms with Crippen LogP contribution in [0.15, 0.2) is 23.2 Å².